The van der Waals surface area contributed by atoms with Crippen molar-refractivity contribution in [2.75, 3.05) is 6.54 Å². The lowest BCUT2D eigenvalue weighted by Gasteiger charge is -2.16. The van der Waals surface area contributed by atoms with E-state index in [1.54, 1.807) is 0 Å². The number of hydrogen-bond acceptors (Lipinski definition) is 1. The molecule has 1 aromatic carbocycles. The van der Waals surface area contributed by atoms with Crippen molar-refractivity contribution in [3.8, 4) is 0 Å². The van der Waals surface area contributed by atoms with Crippen molar-refractivity contribution in [2.24, 2.45) is 5.92 Å². The van der Waals surface area contributed by atoms with Crippen molar-refractivity contribution in [1.82, 2.24) is 10.6 Å². The second-order valence-electron chi connectivity index (χ2n) is 4.83. The van der Waals surface area contributed by atoms with Crippen molar-refractivity contribution >= 4 is 17.6 Å². The summed E-state index contributed by atoms with van der Waals surface area (Å²) in [6.07, 6.45) is 0.980. The fourth-order valence-corrected chi connectivity index (χ4v) is 1.93. The molecule has 0 aliphatic rings. The molecule has 18 heavy (non-hydrogen) atoms. The lowest BCUT2D eigenvalue weighted by atomic mass is 10.1. The zero-order valence-corrected chi connectivity index (χ0v) is 11.9. The average Bonchev–Trinajstić information content (AvgIpc) is 2.28. The smallest absolute Gasteiger partial charge is 0.315 e. The summed E-state index contributed by atoms with van der Waals surface area (Å²) in [5.41, 5.74) is 0.929. The zero-order valence-electron chi connectivity index (χ0n) is 11.2. The highest BCUT2D eigenvalue weighted by Crippen LogP contribution is 2.21. The van der Waals surface area contributed by atoms with E-state index in [1.807, 2.05) is 31.2 Å². The van der Waals surface area contributed by atoms with E-state index in [4.69, 9.17) is 11.6 Å². The number of carbonyl (C=O) groups is 1. The Kier molecular flexibility index (Phi) is 5.99. The first-order chi connectivity index (χ1) is 8.50. The first-order valence-corrected chi connectivity index (χ1v) is 6.67. The van der Waals surface area contributed by atoms with E-state index in [9.17, 15) is 4.79 Å². The second kappa shape index (κ2) is 7.27. The third kappa shape index (κ3) is 4.96. The van der Waals surface area contributed by atoms with Gasteiger partial charge in [0.25, 0.3) is 0 Å². The molecule has 100 valence electrons. The van der Waals surface area contributed by atoms with Crippen LogP contribution in [0.2, 0.25) is 5.02 Å². The highest BCUT2D eigenvalue weighted by molar-refractivity contribution is 6.31. The van der Waals surface area contributed by atoms with Crippen molar-refractivity contribution < 1.29 is 4.79 Å². The number of hydrogen-bond donors (Lipinski definition) is 2. The molecular weight excluding hydrogens is 248 g/mol. The van der Waals surface area contributed by atoms with Crippen LogP contribution in [0.15, 0.2) is 24.3 Å². The van der Waals surface area contributed by atoms with Gasteiger partial charge in [-0.2, -0.15) is 0 Å². The SMILES string of the molecule is CC(C)CCNC(=O)NC(C)c1ccccc1Cl. The molecule has 1 rings (SSSR count). The number of halogens is 1. The maximum absolute atomic E-state index is 11.7. The van der Waals surface area contributed by atoms with Gasteiger partial charge in [0.15, 0.2) is 0 Å². The first-order valence-electron chi connectivity index (χ1n) is 6.29. The van der Waals surface area contributed by atoms with Gasteiger partial charge in [-0.3, -0.25) is 0 Å². The van der Waals surface area contributed by atoms with Crippen LogP contribution in [0.25, 0.3) is 0 Å². The van der Waals surface area contributed by atoms with Crippen LogP contribution in [0.5, 0.6) is 0 Å². The van der Waals surface area contributed by atoms with Crippen LogP contribution in [0.1, 0.15) is 38.8 Å². The lowest BCUT2D eigenvalue weighted by molar-refractivity contribution is 0.237. The third-order valence-corrected chi connectivity index (χ3v) is 3.07. The standard InChI is InChI=1S/C14H21ClN2O/c1-10(2)8-9-16-14(18)17-11(3)12-6-4-5-7-13(12)15/h4-7,10-11H,8-9H2,1-3H3,(H2,16,17,18). The number of rotatable bonds is 5. The molecular formula is C14H21ClN2O. The maximum atomic E-state index is 11.7. The molecule has 0 spiro atoms. The van der Waals surface area contributed by atoms with Crippen molar-refractivity contribution in [2.45, 2.75) is 33.2 Å². The first kappa shape index (κ1) is 14.8. The molecule has 0 aromatic heterocycles. The maximum Gasteiger partial charge on any atom is 0.315 e. The molecule has 0 radical (unpaired) electrons. The van der Waals surface area contributed by atoms with Gasteiger partial charge in [0.05, 0.1) is 6.04 Å². The van der Waals surface area contributed by atoms with Crippen molar-refractivity contribution in [3.63, 3.8) is 0 Å². The highest BCUT2D eigenvalue weighted by atomic mass is 35.5. The molecule has 1 atom stereocenters. The Morgan fingerprint density at radius 1 is 1.28 bits per heavy atom. The van der Waals surface area contributed by atoms with Crippen molar-refractivity contribution in [1.29, 1.82) is 0 Å². The molecule has 0 saturated carbocycles. The summed E-state index contributed by atoms with van der Waals surface area (Å²) >= 11 is 6.08. The normalized spacial score (nSPS) is 12.3. The summed E-state index contributed by atoms with van der Waals surface area (Å²) in [7, 11) is 0. The van der Waals surface area contributed by atoms with E-state index in [2.05, 4.69) is 24.5 Å². The molecule has 0 aliphatic heterocycles. The van der Waals surface area contributed by atoms with Gasteiger partial charge < -0.3 is 10.6 Å². The minimum atomic E-state index is -0.150. The molecule has 2 amide bonds. The van der Waals surface area contributed by atoms with Crippen LogP contribution >= 0.6 is 11.6 Å². The molecule has 3 nitrogen and oxygen atoms in total. The molecule has 0 heterocycles. The Bertz CT molecular complexity index is 393. The van der Waals surface area contributed by atoms with Crippen LogP contribution in [-0.4, -0.2) is 12.6 Å². The number of nitrogens with one attached hydrogen (secondary N) is 2. The highest BCUT2D eigenvalue weighted by Gasteiger charge is 2.11. The predicted molar refractivity (Wildman–Crippen MR) is 75.9 cm³/mol. The Morgan fingerprint density at radius 2 is 1.94 bits per heavy atom. The Hall–Kier alpha value is -1.22. The van der Waals surface area contributed by atoms with Crippen LogP contribution < -0.4 is 10.6 Å². The Morgan fingerprint density at radius 3 is 2.56 bits per heavy atom. The van der Waals surface area contributed by atoms with Crippen LogP contribution in [-0.2, 0) is 0 Å². The summed E-state index contributed by atoms with van der Waals surface area (Å²) in [4.78, 5) is 11.7. The van der Waals surface area contributed by atoms with Crippen LogP contribution in [0.4, 0.5) is 4.79 Å². The molecule has 0 saturated heterocycles. The van der Waals surface area contributed by atoms with Gasteiger partial charge in [-0.1, -0.05) is 43.6 Å². The summed E-state index contributed by atoms with van der Waals surface area (Å²) < 4.78 is 0. The number of carbonyl (C=O) groups excluding carboxylic acids is 1. The zero-order chi connectivity index (χ0) is 13.5. The quantitative estimate of drug-likeness (QED) is 0.839. The fraction of sp³-hybridized carbons (Fsp3) is 0.500. The topological polar surface area (TPSA) is 41.1 Å². The molecule has 1 aromatic rings. The monoisotopic (exact) mass is 268 g/mol. The van der Waals surface area contributed by atoms with Gasteiger partial charge in [0, 0.05) is 11.6 Å². The third-order valence-electron chi connectivity index (χ3n) is 2.73. The second-order valence-corrected chi connectivity index (χ2v) is 5.23. The summed E-state index contributed by atoms with van der Waals surface area (Å²) in [5.74, 6) is 0.589. The average molecular weight is 269 g/mol. The lowest BCUT2D eigenvalue weighted by Crippen LogP contribution is -2.37. The number of amides is 2. The van der Waals surface area contributed by atoms with Gasteiger partial charge in [0.1, 0.15) is 0 Å². The fourth-order valence-electron chi connectivity index (χ4n) is 1.63. The molecule has 0 fully saturated rings. The van der Waals surface area contributed by atoms with Crippen LogP contribution in [0.3, 0.4) is 0 Å². The van der Waals surface area contributed by atoms with Gasteiger partial charge in [-0.05, 0) is 30.9 Å². The van der Waals surface area contributed by atoms with E-state index in [1.165, 1.54) is 0 Å². The summed E-state index contributed by atoms with van der Waals surface area (Å²) in [5, 5.41) is 6.39. The van der Waals surface area contributed by atoms with Crippen LogP contribution in [0, 0.1) is 5.92 Å². The minimum Gasteiger partial charge on any atom is -0.338 e. The summed E-state index contributed by atoms with van der Waals surface area (Å²) in [6, 6.07) is 7.28. The number of benzene rings is 1. The van der Waals surface area contributed by atoms with E-state index in [0.29, 0.717) is 17.5 Å². The predicted octanol–water partition coefficient (Wildman–Crippen LogP) is 3.75. The minimum absolute atomic E-state index is 0.0993. The van der Waals surface area contributed by atoms with E-state index in [-0.39, 0.29) is 12.1 Å². The van der Waals surface area contributed by atoms with E-state index < -0.39 is 0 Å². The number of urea groups is 1. The molecule has 2 N–H and O–H groups in total. The largest absolute Gasteiger partial charge is 0.338 e. The van der Waals surface area contributed by atoms with Crippen molar-refractivity contribution in [3.05, 3.63) is 34.9 Å². The molecule has 0 bridgehead atoms. The van der Waals surface area contributed by atoms with E-state index in [0.717, 1.165) is 12.0 Å². The van der Waals surface area contributed by atoms with Gasteiger partial charge >= 0.3 is 6.03 Å². The molecule has 0 aliphatic carbocycles. The van der Waals surface area contributed by atoms with Gasteiger partial charge in [-0.25, -0.2) is 4.79 Å². The Labute approximate surface area is 114 Å². The van der Waals surface area contributed by atoms with E-state index >= 15 is 0 Å². The molecule has 4 heteroatoms. The molecule has 1 unspecified atom stereocenters. The van der Waals surface area contributed by atoms with Gasteiger partial charge in [0.2, 0.25) is 0 Å². The Balaban J connectivity index is 2.42. The summed E-state index contributed by atoms with van der Waals surface area (Å²) in [6.45, 7) is 6.87. The van der Waals surface area contributed by atoms with Gasteiger partial charge in [-0.15, -0.1) is 0 Å².